The summed E-state index contributed by atoms with van der Waals surface area (Å²) in [6.07, 6.45) is -2.85. The highest BCUT2D eigenvalue weighted by molar-refractivity contribution is 5.97. The van der Waals surface area contributed by atoms with E-state index >= 15 is 0 Å². The van der Waals surface area contributed by atoms with Crippen LogP contribution in [0.3, 0.4) is 0 Å². The SMILES string of the molecule is CC(C(=O)N1CCOc2ccc(C(F)(F)F)cc21)C1CCOCC1. The van der Waals surface area contributed by atoms with Crippen molar-refractivity contribution in [3.05, 3.63) is 23.8 Å². The Morgan fingerprint density at radius 2 is 1.96 bits per heavy atom. The van der Waals surface area contributed by atoms with Gasteiger partial charge in [0.2, 0.25) is 5.91 Å². The lowest BCUT2D eigenvalue weighted by Crippen LogP contribution is -2.43. The third kappa shape index (κ3) is 3.36. The molecular weight excluding hydrogens is 323 g/mol. The van der Waals surface area contributed by atoms with Crippen LogP contribution in [-0.2, 0) is 15.7 Å². The molecule has 1 saturated heterocycles. The minimum absolute atomic E-state index is 0.147. The Hall–Kier alpha value is -1.76. The summed E-state index contributed by atoms with van der Waals surface area (Å²) < 4.78 is 49.7. The normalized spacial score (nSPS) is 20.2. The van der Waals surface area contributed by atoms with E-state index in [1.807, 2.05) is 6.92 Å². The zero-order valence-electron chi connectivity index (χ0n) is 13.4. The van der Waals surface area contributed by atoms with E-state index in [9.17, 15) is 18.0 Å². The number of rotatable bonds is 2. The molecule has 2 heterocycles. The lowest BCUT2D eigenvalue weighted by Gasteiger charge is -2.35. The molecule has 3 rings (SSSR count). The molecule has 0 bridgehead atoms. The molecular formula is C17H20F3NO3. The fourth-order valence-electron chi connectivity index (χ4n) is 3.29. The van der Waals surface area contributed by atoms with Crippen LogP contribution in [0, 0.1) is 11.8 Å². The Balaban J connectivity index is 1.86. The van der Waals surface area contributed by atoms with Gasteiger partial charge in [0.05, 0.1) is 17.8 Å². The molecule has 2 aliphatic heterocycles. The number of hydrogen-bond donors (Lipinski definition) is 0. The fraction of sp³-hybridized carbons (Fsp3) is 0.588. The van der Waals surface area contributed by atoms with Gasteiger partial charge in [0.25, 0.3) is 0 Å². The maximum absolute atomic E-state index is 13.0. The molecule has 0 spiro atoms. The average molecular weight is 343 g/mol. The number of benzene rings is 1. The van der Waals surface area contributed by atoms with E-state index in [2.05, 4.69) is 0 Å². The second kappa shape index (κ2) is 6.63. The standard InChI is InChI=1S/C17H20F3NO3/c1-11(12-4-7-23-8-5-12)16(22)21-6-9-24-15-3-2-13(10-14(15)21)17(18,19)20/h2-3,10-12H,4-9H2,1H3. The topological polar surface area (TPSA) is 38.8 Å². The van der Waals surface area contributed by atoms with E-state index in [1.54, 1.807) is 0 Å². The number of ether oxygens (including phenoxy) is 2. The van der Waals surface area contributed by atoms with E-state index in [0.29, 0.717) is 19.0 Å². The largest absolute Gasteiger partial charge is 0.490 e. The zero-order chi connectivity index (χ0) is 17.3. The van der Waals surface area contributed by atoms with Crippen molar-refractivity contribution in [1.82, 2.24) is 0 Å². The first kappa shape index (κ1) is 17.1. The Labute approximate surface area is 138 Å². The van der Waals surface area contributed by atoms with Gasteiger partial charge in [0.15, 0.2) is 0 Å². The maximum atomic E-state index is 13.0. The molecule has 1 aromatic rings. The van der Waals surface area contributed by atoms with Crippen molar-refractivity contribution in [2.75, 3.05) is 31.3 Å². The molecule has 0 aromatic heterocycles. The highest BCUT2D eigenvalue weighted by atomic mass is 19.4. The minimum Gasteiger partial charge on any atom is -0.490 e. The van der Waals surface area contributed by atoms with Crippen molar-refractivity contribution in [2.24, 2.45) is 11.8 Å². The summed E-state index contributed by atoms with van der Waals surface area (Å²) >= 11 is 0. The summed E-state index contributed by atoms with van der Waals surface area (Å²) in [6, 6.07) is 3.27. The lowest BCUT2D eigenvalue weighted by molar-refractivity contribution is -0.137. The van der Waals surface area contributed by atoms with Gasteiger partial charge in [-0.05, 0) is 37.0 Å². The molecule has 7 heteroatoms. The number of fused-ring (bicyclic) bond motifs is 1. The molecule has 2 aliphatic rings. The monoisotopic (exact) mass is 343 g/mol. The van der Waals surface area contributed by atoms with Crippen LogP contribution in [0.25, 0.3) is 0 Å². The predicted molar refractivity (Wildman–Crippen MR) is 82.0 cm³/mol. The predicted octanol–water partition coefficient (Wildman–Crippen LogP) is 3.49. The minimum atomic E-state index is -4.45. The lowest BCUT2D eigenvalue weighted by atomic mass is 9.86. The first-order chi connectivity index (χ1) is 11.4. The molecule has 1 unspecified atom stereocenters. The van der Waals surface area contributed by atoms with Crippen LogP contribution >= 0.6 is 0 Å². The Morgan fingerprint density at radius 3 is 2.62 bits per heavy atom. The van der Waals surface area contributed by atoms with Gasteiger partial charge < -0.3 is 14.4 Å². The number of halogens is 3. The summed E-state index contributed by atoms with van der Waals surface area (Å²) in [5.41, 5.74) is -0.566. The van der Waals surface area contributed by atoms with Gasteiger partial charge in [-0.3, -0.25) is 4.79 Å². The number of anilines is 1. The molecule has 4 nitrogen and oxygen atoms in total. The fourth-order valence-corrected chi connectivity index (χ4v) is 3.29. The van der Waals surface area contributed by atoms with Gasteiger partial charge in [0.1, 0.15) is 12.4 Å². The molecule has 0 saturated carbocycles. The second-order valence-corrected chi connectivity index (χ2v) is 6.26. The third-order valence-corrected chi connectivity index (χ3v) is 4.78. The molecule has 24 heavy (non-hydrogen) atoms. The molecule has 1 amide bonds. The first-order valence-electron chi connectivity index (χ1n) is 8.11. The van der Waals surface area contributed by atoms with Gasteiger partial charge in [0, 0.05) is 19.1 Å². The van der Waals surface area contributed by atoms with Crippen LogP contribution in [-0.4, -0.2) is 32.3 Å². The molecule has 132 valence electrons. The van der Waals surface area contributed by atoms with Crippen LogP contribution in [0.2, 0.25) is 0 Å². The van der Waals surface area contributed by atoms with Gasteiger partial charge in [-0.25, -0.2) is 0 Å². The van der Waals surface area contributed by atoms with Gasteiger partial charge >= 0.3 is 6.18 Å². The summed E-state index contributed by atoms with van der Waals surface area (Å²) in [4.78, 5) is 14.3. The number of alkyl halides is 3. The van der Waals surface area contributed by atoms with E-state index in [0.717, 1.165) is 25.0 Å². The van der Waals surface area contributed by atoms with Crippen molar-refractivity contribution in [2.45, 2.75) is 25.9 Å². The maximum Gasteiger partial charge on any atom is 0.416 e. The molecule has 0 N–H and O–H groups in total. The zero-order valence-corrected chi connectivity index (χ0v) is 13.4. The molecule has 1 atom stereocenters. The Morgan fingerprint density at radius 1 is 1.25 bits per heavy atom. The van der Waals surface area contributed by atoms with Gasteiger partial charge in [-0.2, -0.15) is 13.2 Å². The Bertz CT molecular complexity index is 612. The Kier molecular flexibility index (Phi) is 4.71. The van der Waals surface area contributed by atoms with Crippen LogP contribution in [0.5, 0.6) is 5.75 Å². The second-order valence-electron chi connectivity index (χ2n) is 6.26. The van der Waals surface area contributed by atoms with E-state index in [4.69, 9.17) is 9.47 Å². The third-order valence-electron chi connectivity index (χ3n) is 4.78. The molecule has 0 radical (unpaired) electrons. The van der Waals surface area contributed by atoms with Crippen molar-refractivity contribution in [3.8, 4) is 5.75 Å². The molecule has 1 fully saturated rings. The summed E-state index contributed by atoms with van der Waals surface area (Å²) in [6.45, 7) is 3.65. The molecule has 1 aromatic carbocycles. The summed E-state index contributed by atoms with van der Waals surface area (Å²) in [5.74, 6) is 0.116. The van der Waals surface area contributed by atoms with Crippen LogP contribution in [0.4, 0.5) is 18.9 Å². The van der Waals surface area contributed by atoms with E-state index in [-0.39, 0.29) is 36.6 Å². The summed E-state index contributed by atoms with van der Waals surface area (Å²) in [5, 5.41) is 0. The van der Waals surface area contributed by atoms with E-state index in [1.165, 1.54) is 11.0 Å². The van der Waals surface area contributed by atoms with Crippen LogP contribution < -0.4 is 9.64 Å². The van der Waals surface area contributed by atoms with Crippen molar-refractivity contribution in [3.63, 3.8) is 0 Å². The van der Waals surface area contributed by atoms with Gasteiger partial charge in [-0.15, -0.1) is 0 Å². The summed E-state index contributed by atoms with van der Waals surface area (Å²) in [7, 11) is 0. The number of carbonyl (C=O) groups is 1. The smallest absolute Gasteiger partial charge is 0.416 e. The quantitative estimate of drug-likeness (QED) is 0.825. The average Bonchev–Trinajstić information content (AvgIpc) is 2.59. The highest BCUT2D eigenvalue weighted by Crippen LogP contribution is 2.39. The highest BCUT2D eigenvalue weighted by Gasteiger charge is 2.36. The van der Waals surface area contributed by atoms with Crippen LogP contribution in [0.15, 0.2) is 18.2 Å². The van der Waals surface area contributed by atoms with Crippen molar-refractivity contribution < 1.29 is 27.4 Å². The molecule has 0 aliphatic carbocycles. The number of nitrogens with zero attached hydrogens (tertiary/aromatic N) is 1. The van der Waals surface area contributed by atoms with Crippen LogP contribution in [0.1, 0.15) is 25.3 Å². The first-order valence-corrected chi connectivity index (χ1v) is 8.11. The van der Waals surface area contributed by atoms with Crippen molar-refractivity contribution in [1.29, 1.82) is 0 Å². The van der Waals surface area contributed by atoms with Gasteiger partial charge in [-0.1, -0.05) is 6.92 Å². The number of hydrogen-bond acceptors (Lipinski definition) is 3. The van der Waals surface area contributed by atoms with Crippen molar-refractivity contribution >= 4 is 11.6 Å². The number of carbonyl (C=O) groups excluding carboxylic acids is 1. The number of amides is 1. The van der Waals surface area contributed by atoms with E-state index < -0.39 is 11.7 Å².